The summed E-state index contributed by atoms with van der Waals surface area (Å²) in [4.78, 5) is 0. The van der Waals surface area contributed by atoms with E-state index in [2.05, 4.69) is 49.0 Å². The van der Waals surface area contributed by atoms with Crippen LogP contribution in [0.2, 0.25) is 0 Å². The van der Waals surface area contributed by atoms with E-state index in [9.17, 15) is 0 Å². The van der Waals surface area contributed by atoms with E-state index in [1.807, 2.05) is 0 Å². The predicted octanol–water partition coefficient (Wildman–Crippen LogP) is 3.48. The third-order valence-electron chi connectivity index (χ3n) is 2.86. The van der Waals surface area contributed by atoms with Gasteiger partial charge in [-0.1, -0.05) is 18.2 Å². The van der Waals surface area contributed by atoms with Crippen molar-refractivity contribution in [3.8, 4) is 0 Å². The highest BCUT2D eigenvalue weighted by atomic mass is 14.3. The summed E-state index contributed by atoms with van der Waals surface area (Å²) in [6.07, 6.45) is 20.1. The standard InChI is InChI=1S/C14H12/c1-2-6-12-8-4-10-13-9-3-7-11(5-1)14(12)13/h3-10H,1-2H2/q+1. The fraction of sp³-hybridized carbons (Fsp3) is 0.143. The van der Waals surface area contributed by atoms with Crippen LogP contribution in [0.15, 0.2) is 59.3 Å². The Morgan fingerprint density at radius 2 is 1.93 bits per heavy atom. The molecule has 0 saturated heterocycles. The van der Waals surface area contributed by atoms with Crippen LogP contribution in [0, 0.1) is 12.3 Å². The average molecular weight is 180 g/mol. The molecule has 3 aliphatic carbocycles. The lowest BCUT2D eigenvalue weighted by Crippen LogP contribution is -2.11. The van der Waals surface area contributed by atoms with E-state index < -0.39 is 0 Å². The largest absolute Gasteiger partial charge is 0.103 e. The fourth-order valence-electron chi connectivity index (χ4n) is 2.22. The van der Waals surface area contributed by atoms with Crippen molar-refractivity contribution in [3.63, 3.8) is 0 Å². The van der Waals surface area contributed by atoms with Gasteiger partial charge in [0.2, 0.25) is 0 Å². The van der Waals surface area contributed by atoms with Crippen molar-refractivity contribution in [1.82, 2.24) is 0 Å². The third kappa shape index (κ3) is 1.11. The molecule has 0 nitrogen and oxygen atoms in total. The Bertz CT molecular complexity index is 400. The van der Waals surface area contributed by atoms with Gasteiger partial charge in [-0.2, -0.15) is 0 Å². The van der Waals surface area contributed by atoms with Crippen molar-refractivity contribution >= 4 is 0 Å². The highest BCUT2D eigenvalue weighted by Gasteiger charge is 2.31. The van der Waals surface area contributed by atoms with Crippen LogP contribution in [0.25, 0.3) is 0 Å². The van der Waals surface area contributed by atoms with Gasteiger partial charge >= 0.3 is 0 Å². The maximum absolute atomic E-state index is 2.34. The molecule has 1 radical (unpaired) electrons. The zero-order valence-electron chi connectivity index (χ0n) is 8.03. The lowest BCUT2D eigenvalue weighted by Gasteiger charge is -2.21. The second kappa shape index (κ2) is 3.06. The van der Waals surface area contributed by atoms with Crippen molar-refractivity contribution in [1.29, 1.82) is 0 Å². The minimum absolute atomic E-state index is 1.16. The van der Waals surface area contributed by atoms with Gasteiger partial charge < -0.3 is 0 Å². The van der Waals surface area contributed by atoms with E-state index in [4.69, 9.17) is 0 Å². The molecule has 0 atom stereocenters. The smallest absolute Gasteiger partial charge is 0.0784 e. The predicted molar refractivity (Wildman–Crippen MR) is 59.3 cm³/mol. The van der Waals surface area contributed by atoms with Gasteiger partial charge in [0.05, 0.1) is 5.57 Å². The molecular weight excluding hydrogens is 168 g/mol. The van der Waals surface area contributed by atoms with E-state index >= 15 is 0 Å². The number of hydrogen-bond donors (Lipinski definition) is 0. The molecule has 14 heavy (non-hydrogen) atoms. The van der Waals surface area contributed by atoms with Crippen molar-refractivity contribution in [2.45, 2.75) is 12.8 Å². The van der Waals surface area contributed by atoms with Crippen molar-refractivity contribution < 1.29 is 0 Å². The van der Waals surface area contributed by atoms with E-state index in [0.29, 0.717) is 0 Å². The summed E-state index contributed by atoms with van der Waals surface area (Å²) in [5.74, 6) is 1.42. The highest BCUT2D eigenvalue weighted by molar-refractivity contribution is 5.69. The molecule has 0 heterocycles. The average Bonchev–Trinajstić information content (AvgIpc) is 2.44. The Morgan fingerprint density at radius 3 is 2.93 bits per heavy atom. The molecule has 0 amide bonds. The first-order valence-corrected chi connectivity index (χ1v) is 5.13. The van der Waals surface area contributed by atoms with Gasteiger partial charge in [0.25, 0.3) is 0 Å². The third-order valence-corrected chi connectivity index (χ3v) is 2.86. The summed E-state index contributed by atoms with van der Waals surface area (Å²) in [7, 11) is 0. The quantitative estimate of drug-likeness (QED) is 0.501. The van der Waals surface area contributed by atoms with E-state index in [0.717, 1.165) is 12.8 Å². The van der Waals surface area contributed by atoms with Gasteiger partial charge in [-0.3, -0.25) is 0 Å². The SMILES string of the molecule is C1=CC2=CCCC=C3[CH+]C=CC(=C1)[C]23. The molecule has 67 valence electrons. The summed E-state index contributed by atoms with van der Waals surface area (Å²) in [5.41, 5.74) is 4.15. The van der Waals surface area contributed by atoms with Crippen LogP contribution in [0.3, 0.4) is 0 Å². The topological polar surface area (TPSA) is 0 Å². The Kier molecular flexibility index (Phi) is 1.73. The summed E-state index contributed by atoms with van der Waals surface area (Å²) >= 11 is 0. The number of hydrogen-bond acceptors (Lipinski definition) is 0. The van der Waals surface area contributed by atoms with Gasteiger partial charge in [0, 0.05) is 36.6 Å². The molecule has 0 unspecified atom stereocenters. The Balaban J connectivity index is 2.16. The molecular formula is C14H12+. The molecule has 3 aliphatic rings. The number of rotatable bonds is 0. The van der Waals surface area contributed by atoms with Gasteiger partial charge in [-0.25, -0.2) is 0 Å². The minimum Gasteiger partial charge on any atom is -0.0784 e. The zero-order chi connectivity index (χ0) is 9.38. The van der Waals surface area contributed by atoms with Crippen LogP contribution in [0.5, 0.6) is 0 Å². The minimum atomic E-state index is 1.16. The van der Waals surface area contributed by atoms with Crippen molar-refractivity contribution in [3.05, 3.63) is 71.6 Å². The van der Waals surface area contributed by atoms with Gasteiger partial charge in [0.1, 0.15) is 5.92 Å². The van der Waals surface area contributed by atoms with E-state index in [-0.39, 0.29) is 0 Å². The molecule has 0 aromatic rings. The molecule has 0 aromatic heterocycles. The van der Waals surface area contributed by atoms with Crippen LogP contribution in [-0.2, 0) is 0 Å². The first-order chi connectivity index (χ1) is 6.95. The second-order valence-corrected chi connectivity index (χ2v) is 3.78. The second-order valence-electron chi connectivity index (χ2n) is 3.78. The van der Waals surface area contributed by atoms with Crippen LogP contribution in [0.1, 0.15) is 12.8 Å². The maximum Gasteiger partial charge on any atom is 0.103 e. The van der Waals surface area contributed by atoms with Gasteiger partial charge in [-0.15, -0.1) is 0 Å². The van der Waals surface area contributed by atoms with Crippen molar-refractivity contribution in [2.75, 3.05) is 0 Å². The molecule has 0 N–H and O–H groups in total. The molecule has 0 saturated carbocycles. The molecule has 3 rings (SSSR count). The molecule has 0 aromatic carbocycles. The normalized spacial score (nSPS) is 24.1. The van der Waals surface area contributed by atoms with Gasteiger partial charge in [-0.05, 0) is 18.1 Å². The highest BCUT2D eigenvalue weighted by Crippen LogP contribution is 2.41. The van der Waals surface area contributed by atoms with E-state index in [1.165, 1.54) is 22.6 Å². The molecule has 0 heteroatoms. The van der Waals surface area contributed by atoms with Gasteiger partial charge in [0.15, 0.2) is 0 Å². The summed E-state index contributed by atoms with van der Waals surface area (Å²) < 4.78 is 0. The van der Waals surface area contributed by atoms with Crippen LogP contribution >= 0.6 is 0 Å². The molecule has 0 fully saturated rings. The molecule has 0 spiro atoms. The zero-order valence-corrected chi connectivity index (χ0v) is 8.03. The fourth-order valence-corrected chi connectivity index (χ4v) is 2.22. The lowest BCUT2D eigenvalue weighted by molar-refractivity contribution is 1.05. The first kappa shape index (κ1) is 7.93. The monoisotopic (exact) mass is 180 g/mol. The molecule has 0 aliphatic heterocycles. The molecule has 0 bridgehead atoms. The summed E-state index contributed by atoms with van der Waals surface area (Å²) in [6, 6.07) is 0. The summed E-state index contributed by atoms with van der Waals surface area (Å²) in [5, 5.41) is 0. The lowest BCUT2D eigenvalue weighted by atomic mass is 9.77. The van der Waals surface area contributed by atoms with Crippen LogP contribution in [-0.4, -0.2) is 0 Å². The Labute approximate surface area is 85.0 Å². The maximum atomic E-state index is 2.34. The first-order valence-electron chi connectivity index (χ1n) is 5.13. The van der Waals surface area contributed by atoms with Crippen LogP contribution < -0.4 is 0 Å². The number of allylic oxidation sites excluding steroid dienone is 10. The van der Waals surface area contributed by atoms with E-state index in [1.54, 1.807) is 0 Å². The summed E-state index contributed by atoms with van der Waals surface area (Å²) in [6.45, 7) is 0. The van der Waals surface area contributed by atoms with Crippen LogP contribution in [0.4, 0.5) is 0 Å². The Morgan fingerprint density at radius 1 is 1.00 bits per heavy atom. The van der Waals surface area contributed by atoms with Crippen molar-refractivity contribution in [2.24, 2.45) is 0 Å². The Hall–Kier alpha value is -1.43.